The molecule has 1 saturated heterocycles. The predicted octanol–water partition coefficient (Wildman–Crippen LogP) is 2.30. The molecule has 1 aliphatic rings. The summed E-state index contributed by atoms with van der Waals surface area (Å²) < 4.78 is 0. The molecule has 0 atom stereocenters. The summed E-state index contributed by atoms with van der Waals surface area (Å²) in [6.07, 6.45) is 6.16. The number of piperidine rings is 1. The van der Waals surface area contributed by atoms with Crippen molar-refractivity contribution < 1.29 is 4.79 Å². The summed E-state index contributed by atoms with van der Waals surface area (Å²) in [5, 5.41) is 0. The maximum Gasteiger partial charge on any atom is 0.236 e. The summed E-state index contributed by atoms with van der Waals surface area (Å²) in [6.45, 7) is 4.91. The molecule has 1 aromatic heterocycles. The number of hydrogen-bond donors (Lipinski definition) is 1. The van der Waals surface area contributed by atoms with Gasteiger partial charge in [-0.3, -0.25) is 4.79 Å². The summed E-state index contributed by atoms with van der Waals surface area (Å²) in [6, 6.07) is 8.11. The number of amides is 1. The maximum atomic E-state index is 11.7. The van der Waals surface area contributed by atoms with Gasteiger partial charge in [-0.05, 0) is 36.0 Å². The second-order valence-corrected chi connectivity index (χ2v) is 7.10. The molecule has 1 amide bonds. The minimum atomic E-state index is -0.0704. The third kappa shape index (κ3) is 4.38. The van der Waals surface area contributed by atoms with Crippen molar-refractivity contribution in [3.8, 4) is 11.1 Å². The van der Waals surface area contributed by atoms with Gasteiger partial charge < -0.3 is 15.5 Å². The highest BCUT2D eigenvalue weighted by Crippen LogP contribution is 2.23. The molecule has 2 heterocycles. The first-order chi connectivity index (χ1) is 12.6. The lowest BCUT2D eigenvalue weighted by Gasteiger charge is -2.30. The van der Waals surface area contributed by atoms with Crippen molar-refractivity contribution in [3.63, 3.8) is 0 Å². The van der Waals surface area contributed by atoms with Crippen LogP contribution in [0.1, 0.15) is 25.3 Å². The number of anilines is 1. The summed E-state index contributed by atoms with van der Waals surface area (Å²) in [5.74, 6) is 1.53. The predicted molar refractivity (Wildman–Crippen MR) is 104 cm³/mol. The molecule has 6 heteroatoms. The highest BCUT2D eigenvalue weighted by Gasteiger charge is 2.17. The third-order valence-electron chi connectivity index (χ3n) is 4.99. The van der Waals surface area contributed by atoms with Crippen molar-refractivity contribution in [3.05, 3.63) is 42.2 Å². The lowest BCUT2D eigenvalue weighted by molar-refractivity contribution is -0.128. The Balaban J connectivity index is 1.71. The zero-order valence-electron chi connectivity index (χ0n) is 15.6. The summed E-state index contributed by atoms with van der Waals surface area (Å²) in [7, 11) is 1.76. The molecule has 1 fully saturated rings. The van der Waals surface area contributed by atoms with Gasteiger partial charge in [0, 0.05) is 44.6 Å². The number of hydrogen-bond acceptors (Lipinski definition) is 5. The molecule has 1 aliphatic heterocycles. The van der Waals surface area contributed by atoms with Crippen LogP contribution < -0.4 is 10.6 Å². The number of rotatable bonds is 5. The van der Waals surface area contributed by atoms with Crippen molar-refractivity contribution in [2.45, 2.75) is 26.3 Å². The molecular weight excluding hydrogens is 326 g/mol. The van der Waals surface area contributed by atoms with E-state index in [2.05, 4.69) is 27.9 Å². The zero-order chi connectivity index (χ0) is 18.5. The van der Waals surface area contributed by atoms with E-state index in [1.165, 1.54) is 12.8 Å². The number of likely N-dealkylation sites (N-methyl/N-ethyl adjacent to an activating group) is 1. The van der Waals surface area contributed by atoms with Crippen LogP contribution in [0.4, 0.5) is 5.95 Å². The fraction of sp³-hybridized carbons (Fsp3) is 0.450. The summed E-state index contributed by atoms with van der Waals surface area (Å²) in [4.78, 5) is 24.7. The van der Waals surface area contributed by atoms with Crippen molar-refractivity contribution in [2.24, 2.45) is 11.7 Å². The Kier molecular flexibility index (Phi) is 5.83. The second kappa shape index (κ2) is 8.27. The van der Waals surface area contributed by atoms with Gasteiger partial charge in [-0.2, -0.15) is 0 Å². The van der Waals surface area contributed by atoms with Crippen LogP contribution >= 0.6 is 0 Å². The minimum absolute atomic E-state index is 0.0285. The lowest BCUT2D eigenvalue weighted by Crippen LogP contribution is -2.33. The van der Waals surface area contributed by atoms with Crippen molar-refractivity contribution in [1.82, 2.24) is 14.9 Å². The average Bonchev–Trinajstić information content (AvgIpc) is 2.68. The van der Waals surface area contributed by atoms with Gasteiger partial charge >= 0.3 is 0 Å². The van der Waals surface area contributed by atoms with E-state index in [0.29, 0.717) is 6.54 Å². The van der Waals surface area contributed by atoms with Crippen molar-refractivity contribution in [1.29, 1.82) is 0 Å². The summed E-state index contributed by atoms with van der Waals surface area (Å²) in [5.41, 5.74) is 8.51. The van der Waals surface area contributed by atoms with E-state index < -0.39 is 0 Å². The molecule has 0 radical (unpaired) electrons. The average molecular weight is 353 g/mol. The molecule has 0 aliphatic carbocycles. The van der Waals surface area contributed by atoms with Gasteiger partial charge in [0.1, 0.15) is 0 Å². The lowest BCUT2D eigenvalue weighted by atomic mass is 10.00. The first-order valence-electron chi connectivity index (χ1n) is 9.17. The number of carbonyl (C=O) groups excluding carboxylic acids is 1. The highest BCUT2D eigenvalue weighted by molar-refractivity contribution is 5.77. The Morgan fingerprint density at radius 2 is 1.92 bits per heavy atom. The van der Waals surface area contributed by atoms with Gasteiger partial charge in [0.2, 0.25) is 11.9 Å². The van der Waals surface area contributed by atoms with Gasteiger partial charge in [0.15, 0.2) is 0 Å². The molecule has 0 spiro atoms. The molecule has 2 aromatic rings. The Labute approximate surface area is 155 Å². The number of nitrogens with two attached hydrogens (primary N) is 1. The standard InChI is InChI=1S/C20H27N5O/c1-15-6-8-25(9-7-15)20-22-12-18(13-23-20)17-5-3-4-16(10-17)14-24(2)19(26)11-21/h3-5,10,12-13,15H,6-9,11,14,21H2,1-2H3. The number of aromatic nitrogens is 2. The topological polar surface area (TPSA) is 75.4 Å². The summed E-state index contributed by atoms with van der Waals surface area (Å²) >= 11 is 0. The van der Waals surface area contributed by atoms with Crippen LogP contribution in [0.3, 0.4) is 0 Å². The Hall–Kier alpha value is -2.47. The van der Waals surface area contributed by atoms with Crippen LogP contribution in [0.2, 0.25) is 0 Å². The molecule has 3 rings (SSSR count). The monoisotopic (exact) mass is 353 g/mol. The first kappa shape index (κ1) is 18.3. The first-order valence-corrected chi connectivity index (χ1v) is 9.17. The maximum absolute atomic E-state index is 11.7. The van der Waals surface area contributed by atoms with E-state index in [1.54, 1.807) is 11.9 Å². The van der Waals surface area contributed by atoms with Crippen LogP contribution in [0.25, 0.3) is 11.1 Å². The molecule has 0 bridgehead atoms. The second-order valence-electron chi connectivity index (χ2n) is 7.10. The van der Waals surface area contributed by atoms with Crippen LogP contribution in [-0.2, 0) is 11.3 Å². The van der Waals surface area contributed by atoms with Gasteiger partial charge in [0.25, 0.3) is 0 Å². The quantitative estimate of drug-likeness (QED) is 0.893. The minimum Gasteiger partial charge on any atom is -0.341 e. The van der Waals surface area contributed by atoms with Gasteiger partial charge in [-0.1, -0.05) is 25.1 Å². The molecule has 6 nitrogen and oxygen atoms in total. The molecule has 0 saturated carbocycles. The van der Waals surface area contributed by atoms with E-state index in [4.69, 9.17) is 5.73 Å². The number of carbonyl (C=O) groups is 1. The molecule has 0 unspecified atom stereocenters. The van der Waals surface area contributed by atoms with Crippen LogP contribution in [-0.4, -0.2) is 47.5 Å². The molecule has 1 aromatic carbocycles. The molecule has 138 valence electrons. The van der Waals surface area contributed by atoms with Crippen molar-refractivity contribution in [2.75, 3.05) is 31.6 Å². The zero-order valence-corrected chi connectivity index (χ0v) is 15.6. The smallest absolute Gasteiger partial charge is 0.236 e. The van der Waals surface area contributed by atoms with Crippen LogP contribution in [0.5, 0.6) is 0 Å². The van der Waals surface area contributed by atoms with Gasteiger partial charge in [-0.25, -0.2) is 9.97 Å². The normalized spacial score (nSPS) is 15.1. The van der Waals surface area contributed by atoms with Crippen LogP contribution in [0.15, 0.2) is 36.7 Å². The van der Waals surface area contributed by atoms with E-state index in [0.717, 1.165) is 41.6 Å². The fourth-order valence-electron chi connectivity index (χ4n) is 3.21. The number of benzene rings is 1. The highest BCUT2D eigenvalue weighted by atomic mass is 16.2. The largest absolute Gasteiger partial charge is 0.341 e. The Morgan fingerprint density at radius 1 is 1.23 bits per heavy atom. The molecule has 2 N–H and O–H groups in total. The SMILES string of the molecule is CC1CCN(c2ncc(-c3cccc(CN(C)C(=O)CN)c3)cn2)CC1. The van der Waals surface area contributed by atoms with Gasteiger partial charge in [-0.15, -0.1) is 0 Å². The Morgan fingerprint density at radius 3 is 2.58 bits per heavy atom. The molecular formula is C20H27N5O. The van der Waals surface area contributed by atoms with E-state index in [1.807, 2.05) is 30.6 Å². The van der Waals surface area contributed by atoms with E-state index >= 15 is 0 Å². The molecule has 26 heavy (non-hydrogen) atoms. The van der Waals surface area contributed by atoms with Gasteiger partial charge in [0.05, 0.1) is 6.54 Å². The van der Waals surface area contributed by atoms with Crippen molar-refractivity contribution >= 4 is 11.9 Å². The fourth-order valence-corrected chi connectivity index (χ4v) is 3.21. The Bertz CT molecular complexity index is 738. The van der Waals surface area contributed by atoms with E-state index in [-0.39, 0.29) is 12.5 Å². The number of nitrogens with zero attached hydrogens (tertiary/aromatic N) is 4. The van der Waals surface area contributed by atoms with E-state index in [9.17, 15) is 4.79 Å². The van der Waals surface area contributed by atoms with Crippen LogP contribution in [0, 0.1) is 5.92 Å². The third-order valence-corrected chi connectivity index (χ3v) is 4.99.